The number of anilines is 1. The van der Waals surface area contributed by atoms with E-state index in [0.717, 1.165) is 11.3 Å². The number of thioether (sulfide) groups is 1. The highest BCUT2D eigenvalue weighted by molar-refractivity contribution is 8.14. The summed E-state index contributed by atoms with van der Waals surface area (Å²) in [5, 5.41) is 7.67. The molecule has 2 N–H and O–H groups in total. The summed E-state index contributed by atoms with van der Waals surface area (Å²) in [7, 11) is 3.13. The first-order valence-corrected chi connectivity index (χ1v) is 10.9. The fraction of sp³-hybridized carbons (Fsp3) is 0.227. The third-order valence-electron chi connectivity index (χ3n) is 4.96. The molecule has 32 heavy (non-hydrogen) atoms. The van der Waals surface area contributed by atoms with Gasteiger partial charge in [-0.25, -0.2) is 0 Å². The lowest BCUT2D eigenvalue weighted by molar-refractivity contribution is -0.122. The third-order valence-corrected chi connectivity index (χ3v) is 5.92. The summed E-state index contributed by atoms with van der Waals surface area (Å²) in [6.45, 7) is 0.307. The molecule has 10 heteroatoms. The third kappa shape index (κ3) is 4.35. The zero-order chi connectivity index (χ0) is 22.5. The van der Waals surface area contributed by atoms with Gasteiger partial charge in [0.2, 0.25) is 12.1 Å². The van der Waals surface area contributed by atoms with Crippen LogP contribution in [0.25, 0.3) is 0 Å². The molecular formula is C22H23N5O4S. The molecule has 4 rings (SSSR count). The van der Waals surface area contributed by atoms with Crippen LogP contribution in [-0.4, -0.2) is 48.0 Å². The van der Waals surface area contributed by atoms with E-state index in [2.05, 4.69) is 15.8 Å². The van der Waals surface area contributed by atoms with Gasteiger partial charge in [-0.3, -0.25) is 24.8 Å². The van der Waals surface area contributed by atoms with Crippen LogP contribution in [0.1, 0.15) is 5.56 Å². The summed E-state index contributed by atoms with van der Waals surface area (Å²) < 4.78 is 10.7. The minimum Gasteiger partial charge on any atom is -0.493 e. The standard InChI is InChI=1S/C22H23N5O4S/c1-30-17-10-6-7-15(19(17)31-2)13-23-18(28)14-32-22-25-24-20-21(29)26(11-12-27(20)22)16-8-4-3-5-9-16/h3-12,20,24H,13-14H2,1-2H3,(H,23,28). The Morgan fingerprint density at radius 1 is 1.12 bits per heavy atom. The molecule has 0 saturated carbocycles. The molecule has 0 radical (unpaired) electrons. The number of nitrogens with one attached hydrogen (secondary N) is 2. The Bertz CT molecular complexity index is 1060. The monoisotopic (exact) mass is 453 g/mol. The zero-order valence-corrected chi connectivity index (χ0v) is 18.5. The molecule has 1 unspecified atom stereocenters. The summed E-state index contributed by atoms with van der Waals surface area (Å²) >= 11 is 1.25. The number of hydrogen-bond donors (Lipinski definition) is 2. The Kier molecular flexibility index (Phi) is 6.50. The second-order valence-electron chi connectivity index (χ2n) is 6.89. The van der Waals surface area contributed by atoms with E-state index in [1.54, 1.807) is 42.5 Å². The number of amidine groups is 1. The molecule has 2 aromatic carbocycles. The van der Waals surface area contributed by atoms with Crippen molar-refractivity contribution in [3.8, 4) is 11.5 Å². The SMILES string of the molecule is COc1cccc(CNC(=O)CSC2=NNC3C(=O)N(c4ccccc4)C=CN23)c1OC. The lowest BCUT2D eigenvalue weighted by atomic mass is 10.2. The van der Waals surface area contributed by atoms with Gasteiger partial charge in [0, 0.05) is 30.2 Å². The zero-order valence-electron chi connectivity index (χ0n) is 17.6. The van der Waals surface area contributed by atoms with Crippen molar-refractivity contribution in [3.05, 3.63) is 66.5 Å². The number of nitrogens with zero attached hydrogens (tertiary/aromatic N) is 3. The largest absolute Gasteiger partial charge is 0.493 e. The minimum absolute atomic E-state index is 0.146. The number of methoxy groups -OCH3 is 2. The van der Waals surface area contributed by atoms with Gasteiger partial charge in [-0.2, -0.15) is 5.10 Å². The van der Waals surface area contributed by atoms with Crippen LogP contribution in [0.15, 0.2) is 66.0 Å². The van der Waals surface area contributed by atoms with E-state index in [1.807, 2.05) is 42.5 Å². The Labute approximate surface area is 190 Å². The number of ether oxygens (including phenoxy) is 2. The number of hydrogen-bond acceptors (Lipinski definition) is 8. The van der Waals surface area contributed by atoms with Gasteiger partial charge >= 0.3 is 0 Å². The van der Waals surface area contributed by atoms with Crippen LogP contribution in [-0.2, 0) is 16.1 Å². The van der Waals surface area contributed by atoms with Gasteiger partial charge in [0.15, 0.2) is 16.7 Å². The average molecular weight is 454 g/mol. The number of carbonyl (C=O) groups is 2. The Morgan fingerprint density at radius 3 is 2.69 bits per heavy atom. The molecule has 9 nitrogen and oxygen atoms in total. The van der Waals surface area contributed by atoms with Crippen LogP contribution in [0.2, 0.25) is 0 Å². The van der Waals surface area contributed by atoms with E-state index in [1.165, 1.54) is 11.8 Å². The maximum absolute atomic E-state index is 12.8. The molecule has 0 aliphatic carbocycles. The maximum atomic E-state index is 12.8. The van der Waals surface area contributed by atoms with E-state index >= 15 is 0 Å². The second-order valence-corrected chi connectivity index (χ2v) is 7.84. The summed E-state index contributed by atoms with van der Waals surface area (Å²) in [5.74, 6) is 1.05. The fourth-order valence-corrected chi connectivity index (χ4v) is 4.19. The van der Waals surface area contributed by atoms with Crippen LogP contribution in [0.3, 0.4) is 0 Å². The smallest absolute Gasteiger partial charge is 0.276 e. The summed E-state index contributed by atoms with van der Waals surface area (Å²) in [6, 6.07) is 14.9. The van der Waals surface area contributed by atoms with Gasteiger partial charge < -0.3 is 14.8 Å². The molecular weight excluding hydrogens is 430 g/mol. The molecule has 0 bridgehead atoms. The van der Waals surface area contributed by atoms with Gasteiger partial charge in [0.05, 0.1) is 20.0 Å². The lowest BCUT2D eigenvalue weighted by Gasteiger charge is -2.31. The summed E-state index contributed by atoms with van der Waals surface area (Å²) in [4.78, 5) is 28.5. The van der Waals surface area contributed by atoms with E-state index < -0.39 is 6.17 Å². The van der Waals surface area contributed by atoms with Gasteiger partial charge in [-0.15, -0.1) is 0 Å². The summed E-state index contributed by atoms with van der Waals surface area (Å²) in [6.07, 6.45) is 2.85. The predicted octanol–water partition coefficient (Wildman–Crippen LogP) is 2.07. The lowest BCUT2D eigenvalue weighted by Crippen LogP contribution is -2.52. The molecule has 0 saturated heterocycles. The van der Waals surface area contributed by atoms with Crippen molar-refractivity contribution in [1.29, 1.82) is 0 Å². The Morgan fingerprint density at radius 2 is 1.94 bits per heavy atom. The normalized spacial score (nSPS) is 16.9. The van der Waals surface area contributed by atoms with Crippen molar-refractivity contribution >= 4 is 34.4 Å². The van der Waals surface area contributed by atoms with Crippen LogP contribution in [0.4, 0.5) is 5.69 Å². The first-order chi connectivity index (χ1) is 15.6. The maximum Gasteiger partial charge on any atom is 0.276 e. The second kappa shape index (κ2) is 9.65. The van der Waals surface area contributed by atoms with E-state index in [0.29, 0.717) is 23.2 Å². The van der Waals surface area contributed by atoms with Gasteiger partial charge in [0.1, 0.15) is 0 Å². The molecule has 0 aromatic heterocycles. The van der Waals surface area contributed by atoms with Crippen molar-refractivity contribution in [3.63, 3.8) is 0 Å². The Hall–Kier alpha value is -3.66. The van der Waals surface area contributed by atoms with Crippen LogP contribution < -0.4 is 25.1 Å². The van der Waals surface area contributed by atoms with Crippen molar-refractivity contribution in [2.24, 2.45) is 5.10 Å². The molecule has 2 aliphatic rings. The first kappa shape index (κ1) is 21.6. The molecule has 0 fully saturated rings. The molecule has 2 amide bonds. The topological polar surface area (TPSA) is 95.5 Å². The van der Waals surface area contributed by atoms with E-state index in [9.17, 15) is 9.59 Å². The minimum atomic E-state index is -0.633. The fourth-order valence-electron chi connectivity index (χ4n) is 3.39. The number of rotatable bonds is 7. The van der Waals surface area contributed by atoms with Gasteiger partial charge in [-0.1, -0.05) is 42.1 Å². The highest BCUT2D eigenvalue weighted by atomic mass is 32.2. The van der Waals surface area contributed by atoms with Crippen molar-refractivity contribution in [2.45, 2.75) is 12.7 Å². The van der Waals surface area contributed by atoms with Crippen LogP contribution >= 0.6 is 11.8 Å². The highest BCUT2D eigenvalue weighted by Gasteiger charge is 2.38. The summed E-state index contributed by atoms with van der Waals surface area (Å²) in [5.41, 5.74) is 4.45. The number of fused-ring (bicyclic) bond motifs is 1. The molecule has 2 aromatic rings. The van der Waals surface area contributed by atoms with Gasteiger partial charge in [-0.05, 0) is 18.2 Å². The molecule has 166 valence electrons. The average Bonchev–Trinajstić information content (AvgIpc) is 3.25. The van der Waals surface area contributed by atoms with Crippen molar-refractivity contribution in [1.82, 2.24) is 15.6 Å². The molecule has 1 atom stereocenters. The van der Waals surface area contributed by atoms with Crippen LogP contribution in [0, 0.1) is 0 Å². The highest BCUT2D eigenvalue weighted by Crippen LogP contribution is 2.30. The Balaban J connectivity index is 1.32. The van der Waals surface area contributed by atoms with Crippen LogP contribution in [0.5, 0.6) is 11.5 Å². The number of benzene rings is 2. The number of para-hydroxylation sites is 2. The first-order valence-electron chi connectivity index (χ1n) is 9.89. The predicted molar refractivity (Wildman–Crippen MR) is 123 cm³/mol. The number of hydrazone groups is 1. The molecule has 2 heterocycles. The number of carbonyl (C=O) groups excluding carboxylic acids is 2. The number of amides is 2. The van der Waals surface area contributed by atoms with Crippen molar-refractivity contribution in [2.75, 3.05) is 24.9 Å². The van der Waals surface area contributed by atoms with E-state index in [4.69, 9.17) is 9.47 Å². The van der Waals surface area contributed by atoms with E-state index in [-0.39, 0.29) is 17.6 Å². The quantitative estimate of drug-likeness (QED) is 0.663. The molecule has 0 spiro atoms. The molecule has 2 aliphatic heterocycles. The van der Waals surface area contributed by atoms with Crippen molar-refractivity contribution < 1.29 is 19.1 Å². The van der Waals surface area contributed by atoms with Gasteiger partial charge in [0.25, 0.3) is 5.91 Å².